The maximum Gasteiger partial charge on any atom is 0.269 e. The molecule has 0 spiro atoms. The van der Waals surface area contributed by atoms with E-state index in [-0.39, 0.29) is 11.7 Å². The molecule has 0 saturated heterocycles. The number of nitrogens with one attached hydrogen (secondary N) is 1. The summed E-state index contributed by atoms with van der Waals surface area (Å²) in [5.74, 6) is -0.693. The molecule has 0 radical (unpaired) electrons. The number of benzene rings is 1. The predicted octanol–water partition coefficient (Wildman–Crippen LogP) is 6.13. The lowest BCUT2D eigenvalue weighted by Gasteiger charge is -1.99. The quantitative estimate of drug-likeness (QED) is 0.454. The Hall–Kier alpha value is -1.80. The Balaban J connectivity index is 1.62. The summed E-state index contributed by atoms with van der Waals surface area (Å²) in [5, 5.41) is 8.14. The van der Waals surface area contributed by atoms with Crippen molar-refractivity contribution in [2.24, 2.45) is 0 Å². The van der Waals surface area contributed by atoms with Gasteiger partial charge in [0.2, 0.25) is 0 Å². The van der Waals surface area contributed by atoms with E-state index >= 15 is 0 Å². The number of amides is 1. The monoisotopic (exact) mass is 394 g/mol. The highest BCUT2D eigenvalue weighted by Gasteiger charge is 2.19. The highest BCUT2D eigenvalue weighted by Crippen LogP contribution is 2.36. The SMILES string of the molecule is O=C(Nc1nc(-c2cccs2)cs1)c1sc2cc(F)ccc2c1Cl. The number of hydrogen-bond donors (Lipinski definition) is 1. The van der Waals surface area contributed by atoms with Crippen LogP contribution < -0.4 is 5.32 Å². The second-order valence-corrected chi connectivity index (χ2v) is 8.09. The van der Waals surface area contributed by atoms with Crippen LogP contribution in [0.2, 0.25) is 5.02 Å². The first kappa shape index (κ1) is 15.7. The number of thiophene rings is 2. The zero-order valence-electron chi connectivity index (χ0n) is 11.9. The van der Waals surface area contributed by atoms with Crippen LogP contribution >= 0.6 is 45.6 Å². The topological polar surface area (TPSA) is 42.0 Å². The highest BCUT2D eigenvalue weighted by atomic mass is 35.5. The molecule has 0 bridgehead atoms. The third-order valence-electron chi connectivity index (χ3n) is 3.30. The molecule has 0 unspecified atom stereocenters. The van der Waals surface area contributed by atoms with Crippen LogP contribution in [-0.2, 0) is 0 Å². The van der Waals surface area contributed by atoms with E-state index in [9.17, 15) is 9.18 Å². The van der Waals surface area contributed by atoms with Crippen LogP contribution in [0.3, 0.4) is 0 Å². The van der Waals surface area contributed by atoms with Crippen molar-refractivity contribution < 1.29 is 9.18 Å². The van der Waals surface area contributed by atoms with Gasteiger partial charge < -0.3 is 0 Å². The van der Waals surface area contributed by atoms with Crippen molar-refractivity contribution >= 4 is 66.7 Å². The lowest BCUT2D eigenvalue weighted by Crippen LogP contribution is -2.10. The van der Waals surface area contributed by atoms with E-state index in [0.717, 1.165) is 21.9 Å². The molecule has 4 rings (SSSR count). The van der Waals surface area contributed by atoms with Crippen molar-refractivity contribution in [1.29, 1.82) is 0 Å². The summed E-state index contributed by atoms with van der Waals surface area (Å²) in [6, 6.07) is 8.21. The number of fused-ring (bicyclic) bond motifs is 1. The fourth-order valence-electron chi connectivity index (χ4n) is 2.21. The molecule has 0 fully saturated rings. The average molecular weight is 395 g/mol. The average Bonchev–Trinajstić information content (AvgIpc) is 3.27. The van der Waals surface area contributed by atoms with Crippen molar-refractivity contribution in [3.05, 3.63) is 56.8 Å². The molecule has 1 N–H and O–H groups in total. The minimum atomic E-state index is -0.354. The van der Waals surface area contributed by atoms with E-state index in [0.29, 0.717) is 25.1 Å². The third kappa shape index (κ3) is 2.84. The van der Waals surface area contributed by atoms with Crippen LogP contribution in [0.1, 0.15) is 9.67 Å². The molecule has 0 atom stereocenters. The number of rotatable bonds is 3. The molecule has 0 aliphatic carbocycles. The van der Waals surface area contributed by atoms with Crippen LogP contribution in [0, 0.1) is 5.82 Å². The minimum Gasteiger partial charge on any atom is -0.297 e. The molecule has 1 aromatic carbocycles. The maximum absolute atomic E-state index is 13.3. The Morgan fingerprint density at radius 3 is 2.92 bits per heavy atom. The van der Waals surface area contributed by atoms with Crippen molar-refractivity contribution in [2.75, 3.05) is 5.32 Å². The van der Waals surface area contributed by atoms with Gasteiger partial charge in [0.1, 0.15) is 10.7 Å². The van der Waals surface area contributed by atoms with E-state index in [4.69, 9.17) is 11.6 Å². The molecule has 24 heavy (non-hydrogen) atoms. The highest BCUT2D eigenvalue weighted by molar-refractivity contribution is 7.22. The molecule has 0 aliphatic rings. The van der Waals surface area contributed by atoms with Gasteiger partial charge in [0.05, 0.1) is 15.6 Å². The van der Waals surface area contributed by atoms with Gasteiger partial charge in [-0.3, -0.25) is 10.1 Å². The number of hydrogen-bond acceptors (Lipinski definition) is 5. The van der Waals surface area contributed by atoms with E-state index in [2.05, 4.69) is 10.3 Å². The van der Waals surface area contributed by atoms with Crippen molar-refractivity contribution in [3.63, 3.8) is 0 Å². The lowest BCUT2D eigenvalue weighted by atomic mass is 10.2. The number of halogens is 2. The Bertz CT molecular complexity index is 1040. The van der Waals surface area contributed by atoms with Gasteiger partial charge in [-0.1, -0.05) is 17.7 Å². The summed E-state index contributed by atoms with van der Waals surface area (Å²) in [7, 11) is 0. The van der Waals surface area contributed by atoms with Gasteiger partial charge in [-0.05, 0) is 29.6 Å². The molecule has 120 valence electrons. The number of carbonyl (C=O) groups is 1. The Morgan fingerprint density at radius 2 is 2.12 bits per heavy atom. The fraction of sp³-hybridized carbons (Fsp3) is 0. The van der Waals surface area contributed by atoms with E-state index in [1.165, 1.54) is 23.5 Å². The number of thiazole rings is 1. The second-order valence-electron chi connectivity index (χ2n) is 4.85. The summed E-state index contributed by atoms with van der Waals surface area (Å²) < 4.78 is 14.0. The molecule has 3 aromatic heterocycles. The van der Waals surface area contributed by atoms with Crippen LogP contribution in [0.15, 0.2) is 41.1 Å². The Labute approximate surface area is 153 Å². The van der Waals surface area contributed by atoms with Crippen LogP contribution in [0.25, 0.3) is 20.7 Å². The van der Waals surface area contributed by atoms with Crippen LogP contribution in [0.4, 0.5) is 9.52 Å². The standard InChI is InChI=1S/C16H8ClFN2OS3/c17-13-9-4-3-8(18)6-12(9)24-14(13)15(21)20-16-19-10(7-23-16)11-2-1-5-22-11/h1-7H,(H,19,20,21). The van der Waals surface area contributed by atoms with E-state index in [1.807, 2.05) is 22.9 Å². The number of carbonyl (C=O) groups excluding carboxylic acids is 1. The van der Waals surface area contributed by atoms with Crippen molar-refractivity contribution in [3.8, 4) is 10.6 Å². The number of nitrogens with zero attached hydrogens (tertiary/aromatic N) is 1. The van der Waals surface area contributed by atoms with Gasteiger partial charge in [-0.2, -0.15) is 0 Å². The summed E-state index contributed by atoms with van der Waals surface area (Å²) in [4.78, 5) is 18.3. The van der Waals surface area contributed by atoms with Gasteiger partial charge in [0.15, 0.2) is 5.13 Å². The molecular formula is C16H8ClFN2OS3. The van der Waals surface area contributed by atoms with Gasteiger partial charge in [0, 0.05) is 15.5 Å². The second kappa shape index (κ2) is 6.25. The summed E-state index contributed by atoms with van der Waals surface area (Å²) in [5.41, 5.74) is 0.829. The van der Waals surface area contributed by atoms with Gasteiger partial charge in [-0.15, -0.1) is 34.0 Å². The van der Waals surface area contributed by atoms with Gasteiger partial charge >= 0.3 is 0 Å². The van der Waals surface area contributed by atoms with E-state index < -0.39 is 0 Å². The lowest BCUT2D eigenvalue weighted by molar-refractivity contribution is 0.103. The molecule has 0 saturated carbocycles. The minimum absolute atomic E-state index is 0.336. The molecule has 4 aromatic rings. The van der Waals surface area contributed by atoms with Crippen molar-refractivity contribution in [1.82, 2.24) is 4.98 Å². The molecule has 1 amide bonds. The smallest absolute Gasteiger partial charge is 0.269 e. The summed E-state index contributed by atoms with van der Waals surface area (Å²) in [6.07, 6.45) is 0. The van der Waals surface area contributed by atoms with Crippen LogP contribution in [-0.4, -0.2) is 10.9 Å². The maximum atomic E-state index is 13.3. The van der Waals surface area contributed by atoms with Gasteiger partial charge in [-0.25, -0.2) is 9.37 Å². The molecule has 8 heteroatoms. The third-order valence-corrected chi connectivity index (χ3v) is 6.60. The fourth-order valence-corrected chi connectivity index (χ4v) is 5.11. The molecule has 3 heterocycles. The zero-order chi connectivity index (χ0) is 16.7. The first-order valence-corrected chi connectivity index (χ1v) is 9.75. The number of anilines is 1. The number of aromatic nitrogens is 1. The Morgan fingerprint density at radius 1 is 1.25 bits per heavy atom. The van der Waals surface area contributed by atoms with Crippen LogP contribution in [0.5, 0.6) is 0 Å². The first-order valence-electron chi connectivity index (χ1n) is 6.80. The molecule has 3 nitrogen and oxygen atoms in total. The predicted molar refractivity (Wildman–Crippen MR) is 100 cm³/mol. The first-order chi connectivity index (χ1) is 11.6. The summed E-state index contributed by atoms with van der Waals surface area (Å²) in [6.45, 7) is 0. The van der Waals surface area contributed by atoms with Crippen molar-refractivity contribution in [2.45, 2.75) is 0 Å². The molecule has 0 aliphatic heterocycles. The van der Waals surface area contributed by atoms with Gasteiger partial charge in [0.25, 0.3) is 5.91 Å². The largest absolute Gasteiger partial charge is 0.297 e. The van der Waals surface area contributed by atoms with E-state index in [1.54, 1.807) is 17.4 Å². The normalized spacial score (nSPS) is 11.1. The molecular weight excluding hydrogens is 387 g/mol. The zero-order valence-corrected chi connectivity index (χ0v) is 15.1. The Kier molecular flexibility index (Phi) is 4.09. The summed E-state index contributed by atoms with van der Waals surface area (Å²) >= 11 is 10.4.